The van der Waals surface area contributed by atoms with Crippen LogP contribution in [0, 0.1) is 0 Å². The molecule has 1 aromatic rings. The fourth-order valence-electron chi connectivity index (χ4n) is 3.07. The molecule has 0 aliphatic carbocycles. The summed E-state index contributed by atoms with van der Waals surface area (Å²) in [5, 5.41) is 6.72. The molecule has 0 saturated carbocycles. The number of rotatable bonds is 5. The van der Waals surface area contributed by atoms with Gasteiger partial charge >= 0.3 is 0 Å². The molecular weight excluding hydrogens is 447 g/mol. The molecule has 2 heterocycles. The minimum atomic E-state index is 0. The van der Waals surface area contributed by atoms with E-state index in [2.05, 4.69) is 44.8 Å². The third kappa shape index (κ3) is 6.53. The van der Waals surface area contributed by atoms with Gasteiger partial charge in [0.1, 0.15) is 0 Å². The molecule has 1 unspecified atom stereocenters. The third-order valence-corrected chi connectivity index (χ3v) is 5.46. The number of halogens is 1. The van der Waals surface area contributed by atoms with Gasteiger partial charge in [0.05, 0.1) is 6.10 Å². The lowest BCUT2D eigenvalue weighted by Gasteiger charge is -2.28. The van der Waals surface area contributed by atoms with Crippen molar-refractivity contribution in [2.45, 2.75) is 25.5 Å². The molecule has 0 spiro atoms. The first kappa shape index (κ1) is 20.6. The molecule has 0 bridgehead atoms. The van der Waals surface area contributed by atoms with Gasteiger partial charge in [0.25, 0.3) is 0 Å². The number of aliphatic imine (C=N–C) groups is 1. The summed E-state index contributed by atoms with van der Waals surface area (Å²) in [6, 6.07) is 8.88. The largest absolute Gasteiger partial charge is 0.376 e. The quantitative estimate of drug-likeness (QED) is 0.389. The highest BCUT2D eigenvalue weighted by Gasteiger charge is 2.15. The molecule has 140 valence electrons. The Balaban J connectivity index is 0.00000225. The molecule has 1 atom stereocenters. The standard InChI is InChI=1S/C18H28N4OS.HI/c1-19-18(21-14-17-3-2-10-23-17)20-13-15-4-6-16(7-5-15)22-8-11-24-12-9-22;/h4-7,17H,2-3,8-14H2,1H3,(H2,19,20,21);1H. The number of benzene rings is 1. The lowest BCUT2D eigenvalue weighted by atomic mass is 10.2. The molecule has 2 fully saturated rings. The van der Waals surface area contributed by atoms with Crippen molar-refractivity contribution in [1.82, 2.24) is 10.6 Å². The third-order valence-electron chi connectivity index (χ3n) is 4.52. The number of thioether (sulfide) groups is 1. The Bertz CT molecular complexity index is 528. The molecule has 0 aromatic heterocycles. The summed E-state index contributed by atoms with van der Waals surface area (Å²) in [6.45, 7) is 4.80. The zero-order valence-corrected chi connectivity index (χ0v) is 18.0. The molecule has 2 saturated heterocycles. The smallest absolute Gasteiger partial charge is 0.191 e. The molecule has 1 aromatic carbocycles. The predicted octanol–water partition coefficient (Wildman–Crippen LogP) is 2.70. The maximum atomic E-state index is 5.63. The van der Waals surface area contributed by atoms with Gasteiger partial charge in [-0.15, -0.1) is 24.0 Å². The first-order valence-electron chi connectivity index (χ1n) is 8.83. The second kappa shape index (κ2) is 11.1. The monoisotopic (exact) mass is 476 g/mol. The first-order valence-corrected chi connectivity index (χ1v) is 9.98. The highest BCUT2D eigenvalue weighted by Crippen LogP contribution is 2.19. The molecule has 0 amide bonds. The Labute approximate surface area is 172 Å². The minimum Gasteiger partial charge on any atom is -0.376 e. The summed E-state index contributed by atoms with van der Waals surface area (Å²) >= 11 is 2.04. The van der Waals surface area contributed by atoms with Crippen LogP contribution in [0.15, 0.2) is 29.3 Å². The highest BCUT2D eigenvalue weighted by atomic mass is 127. The van der Waals surface area contributed by atoms with E-state index in [-0.39, 0.29) is 24.0 Å². The predicted molar refractivity (Wildman–Crippen MR) is 119 cm³/mol. The van der Waals surface area contributed by atoms with Gasteiger partial charge in [0, 0.05) is 57.0 Å². The van der Waals surface area contributed by atoms with Gasteiger partial charge in [-0.3, -0.25) is 4.99 Å². The van der Waals surface area contributed by atoms with E-state index in [9.17, 15) is 0 Å². The normalized spacial score (nSPS) is 20.9. The number of anilines is 1. The number of ether oxygens (including phenoxy) is 1. The van der Waals surface area contributed by atoms with Gasteiger partial charge in [-0.1, -0.05) is 12.1 Å². The van der Waals surface area contributed by atoms with Crippen molar-refractivity contribution in [3.05, 3.63) is 29.8 Å². The maximum absolute atomic E-state index is 5.63. The Hall–Kier alpha value is -0.670. The number of nitrogens with one attached hydrogen (secondary N) is 2. The average Bonchev–Trinajstić information content (AvgIpc) is 3.17. The van der Waals surface area contributed by atoms with Crippen LogP contribution in [0.3, 0.4) is 0 Å². The fraction of sp³-hybridized carbons (Fsp3) is 0.611. The second-order valence-corrected chi connectivity index (χ2v) is 7.43. The van der Waals surface area contributed by atoms with Crippen molar-refractivity contribution in [3.8, 4) is 0 Å². The van der Waals surface area contributed by atoms with E-state index < -0.39 is 0 Å². The van der Waals surface area contributed by atoms with Crippen molar-refractivity contribution in [3.63, 3.8) is 0 Å². The summed E-state index contributed by atoms with van der Waals surface area (Å²) in [4.78, 5) is 6.75. The van der Waals surface area contributed by atoms with Crippen LogP contribution < -0.4 is 15.5 Å². The molecule has 2 N–H and O–H groups in total. The van der Waals surface area contributed by atoms with E-state index in [0.29, 0.717) is 6.10 Å². The Morgan fingerprint density at radius 3 is 2.64 bits per heavy atom. The van der Waals surface area contributed by atoms with Crippen LogP contribution in [0.2, 0.25) is 0 Å². The van der Waals surface area contributed by atoms with Gasteiger partial charge in [0.2, 0.25) is 0 Å². The van der Waals surface area contributed by atoms with E-state index in [0.717, 1.165) is 45.2 Å². The van der Waals surface area contributed by atoms with Crippen LogP contribution in [-0.2, 0) is 11.3 Å². The van der Waals surface area contributed by atoms with Crippen molar-refractivity contribution in [2.75, 3.05) is 49.7 Å². The Kier molecular flexibility index (Phi) is 9.19. The summed E-state index contributed by atoms with van der Waals surface area (Å²) < 4.78 is 5.63. The van der Waals surface area contributed by atoms with Gasteiger partial charge in [-0.25, -0.2) is 0 Å². The van der Waals surface area contributed by atoms with Crippen LogP contribution >= 0.6 is 35.7 Å². The molecule has 2 aliphatic rings. The highest BCUT2D eigenvalue weighted by molar-refractivity contribution is 14.0. The minimum absolute atomic E-state index is 0. The van der Waals surface area contributed by atoms with Crippen LogP contribution in [0.5, 0.6) is 0 Å². The summed E-state index contributed by atoms with van der Waals surface area (Å²) in [6.07, 6.45) is 2.63. The van der Waals surface area contributed by atoms with E-state index in [4.69, 9.17) is 4.74 Å². The molecule has 3 rings (SSSR count). The van der Waals surface area contributed by atoms with E-state index in [1.54, 1.807) is 0 Å². The lowest BCUT2D eigenvalue weighted by molar-refractivity contribution is 0.114. The van der Waals surface area contributed by atoms with Gasteiger partial charge in [-0.2, -0.15) is 11.8 Å². The molecule has 25 heavy (non-hydrogen) atoms. The number of hydrogen-bond donors (Lipinski definition) is 2. The van der Waals surface area contributed by atoms with E-state index >= 15 is 0 Å². The molecule has 2 aliphatic heterocycles. The average molecular weight is 476 g/mol. The van der Waals surface area contributed by atoms with Crippen LogP contribution in [-0.4, -0.2) is 56.9 Å². The fourth-order valence-corrected chi connectivity index (χ4v) is 3.97. The van der Waals surface area contributed by atoms with Crippen molar-refractivity contribution in [1.29, 1.82) is 0 Å². The van der Waals surface area contributed by atoms with Gasteiger partial charge in [-0.05, 0) is 30.5 Å². The number of guanidine groups is 1. The van der Waals surface area contributed by atoms with Crippen molar-refractivity contribution >= 4 is 47.4 Å². The van der Waals surface area contributed by atoms with Crippen LogP contribution in [0.4, 0.5) is 5.69 Å². The summed E-state index contributed by atoms with van der Waals surface area (Å²) in [5.74, 6) is 3.30. The van der Waals surface area contributed by atoms with Crippen LogP contribution in [0.1, 0.15) is 18.4 Å². The molecule has 0 radical (unpaired) electrons. The van der Waals surface area contributed by atoms with E-state index in [1.807, 2.05) is 18.8 Å². The summed E-state index contributed by atoms with van der Waals surface area (Å²) in [7, 11) is 1.81. The molecular formula is C18H29IN4OS. The van der Waals surface area contributed by atoms with Crippen molar-refractivity contribution in [2.24, 2.45) is 4.99 Å². The Morgan fingerprint density at radius 1 is 1.24 bits per heavy atom. The molecule has 5 nitrogen and oxygen atoms in total. The second-order valence-electron chi connectivity index (χ2n) is 6.21. The zero-order valence-electron chi connectivity index (χ0n) is 14.9. The zero-order chi connectivity index (χ0) is 16.6. The first-order chi connectivity index (χ1) is 11.8. The molecule has 7 heteroatoms. The topological polar surface area (TPSA) is 48.9 Å². The Morgan fingerprint density at radius 2 is 2.00 bits per heavy atom. The van der Waals surface area contributed by atoms with Crippen LogP contribution in [0.25, 0.3) is 0 Å². The number of nitrogens with zero attached hydrogens (tertiary/aromatic N) is 2. The van der Waals surface area contributed by atoms with Crippen molar-refractivity contribution < 1.29 is 4.74 Å². The SMILES string of the molecule is CN=C(NCc1ccc(N2CCSCC2)cc1)NCC1CCCO1.I. The lowest BCUT2D eigenvalue weighted by Crippen LogP contribution is -2.40. The van der Waals surface area contributed by atoms with E-state index in [1.165, 1.54) is 29.2 Å². The van der Waals surface area contributed by atoms with Gasteiger partial charge < -0.3 is 20.3 Å². The summed E-state index contributed by atoms with van der Waals surface area (Å²) in [5.41, 5.74) is 2.60. The number of hydrogen-bond acceptors (Lipinski definition) is 4. The maximum Gasteiger partial charge on any atom is 0.191 e. The van der Waals surface area contributed by atoms with Gasteiger partial charge in [0.15, 0.2) is 5.96 Å².